The van der Waals surface area contributed by atoms with E-state index in [0.29, 0.717) is 15.9 Å². The molecule has 2 heterocycles. The molecule has 1 aromatic carbocycles. The van der Waals surface area contributed by atoms with Crippen LogP contribution < -0.4 is 4.90 Å². The molecule has 0 spiro atoms. The molecule has 0 saturated carbocycles. The average molecular weight is 434 g/mol. The largest absolute Gasteiger partial charge is 0.444 e. The molecular formula is C20H24BrN3O3. The van der Waals surface area contributed by atoms with E-state index in [1.807, 2.05) is 24.1 Å². The van der Waals surface area contributed by atoms with Gasteiger partial charge in [0.25, 0.3) is 11.8 Å². The van der Waals surface area contributed by atoms with Gasteiger partial charge in [0.05, 0.1) is 11.3 Å². The van der Waals surface area contributed by atoms with Gasteiger partial charge in [-0.2, -0.15) is 0 Å². The summed E-state index contributed by atoms with van der Waals surface area (Å²) in [6, 6.07) is 10.7. The number of para-hydroxylation sites is 1. The van der Waals surface area contributed by atoms with Crippen molar-refractivity contribution in [1.29, 1.82) is 0 Å². The predicted octanol–water partition coefficient (Wildman–Crippen LogP) is 3.48. The standard InChI is InChI=1S/C20H24BrN3O3/c1-22-12-10-14(11-13-22)23(2)19(25)15-6-4-5-7-16(15)24(3)20(26)17-8-9-18(21)27-17/h4-9,14H,10-13H2,1-3H3. The molecule has 27 heavy (non-hydrogen) atoms. The maximum absolute atomic E-state index is 13.2. The summed E-state index contributed by atoms with van der Waals surface area (Å²) >= 11 is 3.21. The van der Waals surface area contributed by atoms with Crippen LogP contribution in [0.3, 0.4) is 0 Å². The number of carbonyl (C=O) groups excluding carboxylic acids is 2. The molecule has 0 aliphatic carbocycles. The monoisotopic (exact) mass is 433 g/mol. The third kappa shape index (κ3) is 4.25. The summed E-state index contributed by atoms with van der Waals surface area (Å²) in [5, 5.41) is 0. The number of furan rings is 1. The van der Waals surface area contributed by atoms with Crippen LogP contribution in [0, 0.1) is 0 Å². The van der Waals surface area contributed by atoms with Gasteiger partial charge < -0.3 is 19.1 Å². The van der Waals surface area contributed by atoms with Gasteiger partial charge in [0, 0.05) is 20.1 Å². The predicted molar refractivity (Wildman–Crippen MR) is 108 cm³/mol. The van der Waals surface area contributed by atoms with Crippen LogP contribution in [0.1, 0.15) is 33.8 Å². The lowest BCUT2D eigenvalue weighted by Crippen LogP contribution is -2.44. The highest BCUT2D eigenvalue weighted by atomic mass is 79.9. The zero-order chi connectivity index (χ0) is 19.6. The van der Waals surface area contributed by atoms with Crippen molar-refractivity contribution in [1.82, 2.24) is 9.80 Å². The Hall–Kier alpha value is -2.12. The SMILES string of the molecule is CN1CCC(N(C)C(=O)c2ccccc2N(C)C(=O)c2ccc(Br)o2)CC1. The highest BCUT2D eigenvalue weighted by molar-refractivity contribution is 9.10. The molecule has 0 N–H and O–H groups in total. The van der Waals surface area contributed by atoms with Crippen LogP contribution in [0.25, 0.3) is 0 Å². The number of hydrogen-bond donors (Lipinski definition) is 0. The number of hydrogen-bond acceptors (Lipinski definition) is 4. The summed E-state index contributed by atoms with van der Waals surface area (Å²) in [5.41, 5.74) is 1.08. The van der Waals surface area contributed by atoms with E-state index in [0.717, 1.165) is 25.9 Å². The Morgan fingerprint density at radius 2 is 1.74 bits per heavy atom. The molecule has 1 aromatic heterocycles. The molecule has 2 amide bonds. The molecule has 7 heteroatoms. The number of benzene rings is 1. The Balaban J connectivity index is 1.82. The van der Waals surface area contributed by atoms with Crippen LogP contribution in [0.2, 0.25) is 0 Å². The Bertz CT molecular complexity index is 827. The fourth-order valence-electron chi connectivity index (χ4n) is 3.39. The number of halogens is 1. The van der Waals surface area contributed by atoms with Gasteiger partial charge in [-0.15, -0.1) is 0 Å². The molecule has 2 aromatic rings. The molecule has 0 unspecified atom stereocenters. The first-order chi connectivity index (χ1) is 12.9. The van der Waals surface area contributed by atoms with Gasteiger partial charge >= 0.3 is 0 Å². The Labute approximate surface area is 167 Å². The number of nitrogens with zero attached hydrogens (tertiary/aromatic N) is 3. The zero-order valence-electron chi connectivity index (χ0n) is 15.8. The van der Waals surface area contributed by atoms with Crippen molar-refractivity contribution in [3.8, 4) is 0 Å². The lowest BCUT2D eigenvalue weighted by Gasteiger charge is -2.35. The summed E-state index contributed by atoms with van der Waals surface area (Å²) in [6.07, 6.45) is 1.91. The summed E-state index contributed by atoms with van der Waals surface area (Å²) in [7, 11) is 5.60. The second kappa shape index (κ2) is 8.27. The van der Waals surface area contributed by atoms with E-state index in [-0.39, 0.29) is 23.6 Å². The fraction of sp³-hybridized carbons (Fsp3) is 0.400. The maximum Gasteiger partial charge on any atom is 0.293 e. The first-order valence-electron chi connectivity index (χ1n) is 8.96. The van der Waals surface area contributed by atoms with Gasteiger partial charge in [0.2, 0.25) is 0 Å². The quantitative estimate of drug-likeness (QED) is 0.740. The summed E-state index contributed by atoms with van der Waals surface area (Å²) in [5.74, 6) is -0.154. The van der Waals surface area contributed by atoms with E-state index in [2.05, 4.69) is 27.9 Å². The molecular weight excluding hydrogens is 410 g/mol. The Morgan fingerprint density at radius 1 is 1.07 bits per heavy atom. The topological polar surface area (TPSA) is 57.0 Å². The van der Waals surface area contributed by atoms with Crippen LogP contribution in [-0.2, 0) is 0 Å². The highest BCUT2D eigenvalue weighted by Crippen LogP contribution is 2.25. The van der Waals surface area contributed by atoms with Crippen molar-refractivity contribution in [2.45, 2.75) is 18.9 Å². The van der Waals surface area contributed by atoms with Gasteiger partial charge in [-0.3, -0.25) is 9.59 Å². The van der Waals surface area contributed by atoms with Crippen molar-refractivity contribution in [3.63, 3.8) is 0 Å². The molecule has 3 rings (SSSR count). The third-order valence-electron chi connectivity index (χ3n) is 5.14. The van der Waals surface area contributed by atoms with E-state index >= 15 is 0 Å². The lowest BCUT2D eigenvalue weighted by molar-refractivity contribution is 0.0660. The third-order valence-corrected chi connectivity index (χ3v) is 5.57. The number of carbonyl (C=O) groups is 2. The van der Waals surface area contributed by atoms with E-state index in [9.17, 15) is 9.59 Å². The van der Waals surface area contributed by atoms with Crippen molar-refractivity contribution >= 4 is 33.4 Å². The van der Waals surface area contributed by atoms with E-state index < -0.39 is 0 Å². The van der Waals surface area contributed by atoms with Gasteiger partial charge in [-0.05, 0) is 73.2 Å². The lowest BCUT2D eigenvalue weighted by atomic mass is 10.0. The van der Waals surface area contributed by atoms with Gasteiger partial charge in [-0.1, -0.05) is 12.1 Å². The first-order valence-corrected chi connectivity index (χ1v) is 9.76. The Morgan fingerprint density at radius 3 is 2.37 bits per heavy atom. The summed E-state index contributed by atoms with van der Waals surface area (Å²) < 4.78 is 5.86. The normalized spacial score (nSPS) is 15.6. The van der Waals surface area contributed by atoms with Crippen molar-refractivity contribution in [2.75, 3.05) is 39.1 Å². The maximum atomic E-state index is 13.2. The molecule has 1 aliphatic rings. The van der Waals surface area contributed by atoms with Gasteiger partial charge in [-0.25, -0.2) is 0 Å². The Kier molecular flexibility index (Phi) is 6.01. The molecule has 0 bridgehead atoms. The van der Waals surface area contributed by atoms with Crippen LogP contribution in [0.15, 0.2) is 45.5 Å². The van der Waals surface area contributed by atoms with E-state index in [4.69, 9.17) is 4.42 Å². The van der Waals surface area contributed by atoms with Gasteiger partial charge in [0.15, 0.2) is 10.4 Å². The van der Waals surface area contributed by atoms with Crippen molar-refractivity contribution in [3.05, 3.63) is 52.4 Å². The number of piperidine rings is 1. The second-order valence-electron chi connectivity index (χ2n) is 6.94. The number of rotatable bonds is 4. The number of likely N-dealkylation sites (tertiary alicyclic amines) is 1. The van der Waals surface area contributed by atoms with Crippen LogP contribution in [-0.4, -0.2) is 61.9 Å². The second-order valence-corrected chi connectivity index (χ2v) is 7.72. The van der Waals surface area contributed by atoms with Crippen LogP contribution >= 0.6 is 15.9 Å². The number of anilines is 1. The highest BCUT2D eigenvalue weighted by Gasteiger charge is 2.28. The van der Waals surface area contributed by atoms with Gasteiger partial charge in [0.1, 0.15) is 0 Å². The zero-order valence-corrected chi connectivity index (χ0v) is 17.4. The van der Waals surface area contributed by atoms with E-state index in [1.54, 1.807) is 31.3 Å². The average Bonchev–Trinajstić information content (AvgIpc) is 3.12. The molecule has 0 radical (unpaired) electrons. The molecule has 6 nitrogen and oxygen atoms in total. The molecule has 144 valence electrons. The molecule has 1 aliphatic heterocycles. The minimum absolute atomic E-state index is 0.0690. The van der Waals surface area contributed by atoms with Crippen LogP contribution in [0.5, 0.6) is 0 Å². The number of amides is 2. The van der Waals surface area contributed by atoms with Crippen LogP contribution in [0.4, 0.5) is 5.69 Å². The van der Waals surface area contributed by atoms with Crippen molar-refractivity contribution < 1.29 is 14.0 Å². The summed E-state index contributed by atoms with van der Waals surface area (Å²) in [4.78, 5) is 31.4. The smallest absolute Gasteiger partial charge is 0.293 e. The molecule has 0 atom stereocenters. The minimum atomic E-state index is -0.303. The first kappa shape index (κ1) is 19.6. The molecule has 1 saturated heterocycles. The minimum Gasteiger partial charge on any atom is -0.444 e. The van der Waals surface area contributed by atoms with E-state index in [1.165, 1.54) is 4.90 Å². The van der Waals surface area contributed by atoms with Crippen molar-refractivity contribution in [2.24, 2.45) is 0 Å². The molecule has 1 fully saturated rings. The fourth-order valence-corrected chi connectivity index (χ4v) is 3.70. The summed E-state index contributed by atoms with van der Waals surface area (Å²) in [6.45, 7) is 1.96.